The molecule has 3 aromatic rings. The first-order chi connectivity index (χ1) is 13.9. The Bertz CT molecular complexity index is 901. The van der Waals surface area contributed by atoms with Crippen LogP contribution in [0.5, 0.6) is 0 Å². The van der Waals surface area contributed by atoms with E-state index in [1.165, 1.54) is 84.4 Å². The molecule has 0 saturated carbocycles. The standard InChI is InChI=1S/C26H32N2/c1-2-3-4-5-6-7-8-9-11-20-18-27-26(28-19-20)24-17-16-22-15-14-21-12-10-13-23(24)25(21)22/h10,12-13,16-19H,2-9,11,14-15H2,1H3. The van der Waals surface area contributed by atoms with Gasteiger partial charge in [0.05, 0.1) is 0 Å². The van der Waals surface area contributed by atoms with Gasteiger partial charge in [0.15, 0.2) is 5.82 Å². The molecule has 146 valence electrons. The Labute approximate surface area is 169 Å². The molecule has 4 rings (SSSR count). The minimum Gasteiger partial charge on any atom is -0.236 e. The summed E-state index contributed by atoms with van der Waals surface area (Å²) in [7, 11) is 0. The van der Waals surface area contributed by atoms with E-state index in [2.05, 4.69) is 37.3 Å². The van der Waals surface area contributed by atoms with Crippen LogP contribution < -0.4 is 0 Å². The van der Waals surface area contributed by atoms with Crippen LogP contribution in [-0.4, -0.2) is 9.97 Å². The summed E-state index contributed by atoms with van der Waals surface area (Å²) in [4.78, 5) is 9.43. The van der Waals surface area contributed by atoms with E-state index in [1.54, 1.807) is 0 Å². The van der Waals surface area contributed by atoms with Crippen LogP contribution in [0, 0.1) is 0 Å². The van der Waals surface area contributed by atoms with Crippen LogP contribution in [0.1, 0.15) is 75.0 Å². The van der Waals surface area contributed by atoms with Crippen molar-refractivity contribution >= 4 is 10.8 Å². The number of unbranched alkanes of at least 4 members (excludes halogenated alkanes) is 7. The number of aromatic nitrogens is 2. The number of rotatable bonds is 10. The van der Waals surface area contributed by atoms with E-state index in [-0.39, 0.29) is 0 Å². The molecule has 2 heteroatoms. The second-order valence-electron chi connectivity index (χ2n) is 8.25. The van der Waals surface area contributed by atoms with Gasteiger partial charge in [-0.15, -0.1) is 0 Å². The number of benzene rings is 2. The number of nitrogens with zero attached hydrogens (tertiary/aromatic N) is 2. The summed E-state index contributed by atoms with van der Waals surface area (Å²) in [5.41, 5.74) is 5.38. The average Bonchev–Trinajstić information content (AvgIpc) is 3.16. The predicted molar refractivity (Wildman–Crippen MR) is 119 cm³/mol. The summed E-state index contributed by atoms with van der Waals surface area (Å²) >= 11 is 0. The third kappa shape index (κ3) is 4.27. The van der Waals surface area contributed by atoms with Crippen LogP contribution in [0.2, 0.25) is 0 Å². The maximum atomic E-state index is 4.72. The molecule has 0 unspecified atom stereocenters. The molecule has 0 amide bonds. The van der Waals surface area contributed by atoms with Crippen molar-refractivity contribution in [3.8, 4) is 11.4 Å². The maximum Gasteiger partial charge on any atom is 0.159 e. The molecule has 2 nitrogen and oxygen atoms in total. The molecule has 0 spiro atoms. The Balaban J connectivity index is 1.35. The fraction of sp³-hybridized carbons (Fsp3) is 0.462. The van der Waals surface area contributed by atoms with Gasteiger partial charge in [-0.25, -0.2) is 9.97 Å². The van der Waals surface area contributed by atoms with Crippen LogP contribution in [0.25, 0.3) is 22.2 Å². The zero-order valence-corrected chi connectivity index (χ0v) is 17.2. The van der Waals surface area contributed by atoms with Gasteiger partial charge in [0.1, 0.15) is 0 Å². The minimum atomic E-state index is 0.857. The highest BCUT2D eigenvalue weighted by Gasteiger charge is 2.17. The van der Waals surface area contributed by atoms with Crippen LogP contribution in [0.3, 0.4) is 0 Å². The average molecular weight is 373 g/mol. The van der Waals surface area contributed by atoms with Crippen LogP contribution in [-0.2, 0) is 19.3 Å². The normalized spacial score (nSPS) is 12.8. The molecule has 0 radical (unpaired) electrons. The first kappa shape index (κ1) is 19.1. The van der Waals surface area contributed by atoms with Gasteiger partial charge >= 0.3 is 0 Å². The van der Waals surface area contributed by atoms with E-state index in [0.29, 0.717) is 0 Å². The fourth-order valence-corrected chi connectivity index (χ4v) is 4.53. The number of hydrogen-bond donors (Lipinski definition) is 0. The highest BCUT2D eigenvalue weighted by molar-refractivity contribution is 6.00. The van der Waals surface area contributed by atoms with Crippen molar-refractivity contribution in [1.29, 1.82) is 0 Å². The Morgan fingerprint density at radius 3 is 2.18 bits per heavy atom. The first-order valence-electron chi connectivity index (χ1n) is 11.2. The fourth-order valence-electron chi connectivity index (χ4n) is 4.53. The van der Waals surface area contributed by atoms with Gasteiger partial charge in [0, 0.05) is 18.0 Å². The van der Waals surface area contributed by atoms with E-state index in [9.17, 15) is 0 Å². The molecule has 2 aromatic carbocycles. The van der Waals surface area contributed by atoms with Gasteiger partial charge in [-0.2, -0.15) is 0 Å². The Morgan fingerprint density at radius 1 is 0.750 bits per heavy atom. The van der Waals surface area contributed by atoms with Crippen molar-refractivity contribution < 1.29 is 0 Å². The summed E-state index contributed by atoms with van der Waals surface area (Å²) < 4.78 is 0. The largest absolute Gasteiger partial charge is 0.236 e. The SMILES string of the molecule is CCCCCCCCCCc1cnc(-c2ccc3c4c(cccc24)CC3)nc1. The van der Waals surface area contributed by atoms with E-state index in [1.807, 2.05) is 12.4 Å². The quantitative estimate of drug-likeness (QED) is 0.355. The van der Waals surface area contributed by atoms with Crippen molar-refractivity contribution in [2.45, 2.75) is 77.6 Å². The molecule has 1 aliphatic rings. The Morgan fingerprint density at radius 2 is 1.43 bits per heavy atom. The Hall–Kier alpha value is -2.22. The van der Waals surface area contributed by atoms with Gasteiger partial charge < -0.3 is 0 Å². The lowest BCUT2D eigenvalue weighted by Crippen LogP contribution is -1.94. The molecule has 1 heterocycles. The van der Waals surface area contributed by atoms with Crippen molar-refractivity contribution in [3.05, 3.63) is 59.4 Å². The summed E-state index contributed by atoms with van der Waals surface area (Å²) in [5, 5.41) is 2.75. The lowest BCUT2D eigenvalue weighted by Gasteiger charge is -2.08. The molecule has 0 bridgehead atoms. The Kier molecular flexibility index (Phi) is 6.36. The van der Waals surface area contributed by atoms with Crippen molar-refractivity contribution in [2.75, 3.05) is 0 Å². The first-order valence-corrected chi connectivity index (χ1v) is 11.2. The zero-order valence-electron chi connectivity index (χ0n) is 17.2. The molecule has 0 saturated heterocycles. The van der Waals surface area contributed by atoms with Crippen molar-refractivity contribution in [2.24, 2.45) is 0 Å². The van der Waals surface area contributed by atoms with Gasteiger partial charge in [0.25, 0.3) is 0 Å². The molecule has 0 aliphatic heterocycles. The van der Waals surface area contributed by atoms with Gasteiger partial charge in [-0.3, -0.25) is 0 Å². The van der Waals surface area contributed by atoms with E-state index < -0.39 is 0 Å². The summed E-state index contributed by atoms with van der Waals surface area (Å²) in [6, 6.07) is 11.1. The smallest absolute Gasteiger partial charge is 0.159 e. The maximum absolute atomic E-state index is 4.72. The highest BCUT2D eigenvalue weighted by atomic mass is 14.9. The predicted octanol–water partition coefficient (Wildman–Crippen LogP) is 7.08. The third-order valence-corrected chi connectivity index (χ3v) is 6.14. The van der Waals surface area contributed by atoms with E-state index >= 15 is 0 Å². The van der Waals surface area contributed by atoms with E-state index in [4.69, 9.17) is 9.97 Å². The second kappa shape index (κ2) is 9.32. The molecule has 0 N–H and O–H groups in total. The minimum absolute atomic E-state index is 0.857. The van der Waals surface area contributed by atoms with Crippen LogP contribution in [0.15, 0.2) is 42.7 Å². The summed E-state index contributed by atoms with van der Waals surface area (Å²) in [6.45, 7) is 2.28. The molecular formula is C26H32N2. The van der Waals surface area contributed by atoms with Gasteiger partial charge in [-0.1, -0.05) is 82.2 Å². The molecule has 0 atom stereocenters. The number of aryl methyl sites for hydroxylation is 3. The van der Waals surface area contributed by atoms with Gasteiger partial charge in [0.2, 0.25) is 0 Å². The van der Waals surface area contributed by atoms with Crippen molar-refractivity contribution in [3.63, 3.8) is 0 Å². The monoisotopic (exact) mass is 372 g/mol. The molecule has 1 aliphatic carbocycles. The molecule has 28 heavy (non-hydrogen) atoms. The van der Waals surface area contributed by atoms with E-state index in [0.717, 1.165) is 25.1 Å². The van der Waals surface area contributed by atoms with Crippen molar-refractivity contribution in [1.82, 2.24) is 9.97 Å². The number of hydrogen-bond acceptors (Lipinski definition) is 2. The summed E-state index contributed by atoms with van der Waals surface area (Å²) in [5.74, 6) is 0.857. The zero-order chi connectivity index (χ0) is 19.2. The lowest BCUT2D eigenvalue weighted by atomic mass is 9.99. The van der Waals surface area contributed by atoms with Gasteiger partial charge in [-0.05, 0) is 53.1 Å². The lowest BCUT2D eigenvalue weighted by molar-refractivity contribution is 0.575. The molecular weight excluding hydrogens is 340 g/mol. The molecule has 1 aromatic heterocycles. The van der Waals surface area contributed by atoms with Crippen LogP contribution >= 0.6 is 0 Å². The highest BCUT2D eigenvalue weighted by Crippen LogP contribution is 2.35. The summed E-state index contributed by atoms with van der Waals surface area (Å²) in [6.07, 6.45) is 18.3. The van der Waals surface area contributed by atoms with Crippen LogP contribution in [0.4, 0.5) is 0 Å². The third-order valence-electron chi connectivity index (χ3n) is 6.14. The molecule has 0 fully saturated rings. The second-order valence-corrected chi connectivity index (χ2v) is 8.25. The topological polar surface area (TPSA) is 25.8 Å².